The predicted octanol–water partition coefficient (Wildman–Crippen LogP) is 2.62. The number of nitrogens with one attached hydrogen (secondary N) is 1. The molecule has 150 valence electrons. The third-order valence-electron chi connectivity index (χ3n) is 5.70. The molecule has 3 rings (SSSR count). The third-order valence-corrected chi connectivity index (χ3v) is 5.70. The number of fused-ring (bicyclic) bond motifs is 1. The van der Waals surface area contributed by atoms with Crippen molar-refractivity contribution in [2.45, 2.75) is 44.6 Å². The Balaban J connectivity index is 1.50. The molecule has 2 amide bonds. The number of piperidine rings is 1. The van der Waals surface area contributed by atoms with Crippen molar-refractivity contribution in [2.75, 3.05) is 13.1 Å². The Bertz CT molecular complexity index is 810. The van der Waals surface area contributed by atoms with Crippen LogP contribution in [0.15, 0.2) is 42.5 Å². The van der Waals surface area contributed by atoms with Crippen molar-refractivity contribution in [1.29, 1.82) is 0 Å². The van der Waals surface area contributed by atoms with Gasteiger partial charge in [0, 0.05) is 19.5 Å². The van der Waals surface area contributed by atoms with Crippen LogP contribution in [0.1, 0.15) is 37.7 Å². The van der Waals surface area contributed by atoms with Crippen LogP contribution in [0.4, 0.5) is 0 Å². The smallest absolute Gasteiger partial charge is 0.243 e. The molecule has 0 bridgehead atoms. The van der Waals surface area contributed by atoms with Crippen molar-refractivity contribution in [3.8, 4) is 0 Å². The second-order valence-corrected chi connectivity index (χ2v) is 7.64. The van der Waals surface area contributed by atoms with Crippen LogP contribution in [-0.2, 0) is 16.0 Å². The summed E-state index contributed by atoms with van der Waals surface area (Å²) in [5.74, 6) is 0.197. The summed E-state index contributed by atoms with van der Waals surface area (Å²) in [6.07, 6.45) is 4.45. The summed E-state index contributed by atoms with van der Waals surface area (Å²) in [7, 11) is 0. The quantitative estimate of drug-likeness (QED) is 0.506. The number of benzene rings is 2. The van der Waals surface area contributed by atoms with Crippen LogP contribution in [0.3, 0.4) is 0 Å². The zero-order valence-corrected chi connectivity index (χ0v) is 16.1. The zero-order chi connectivity index (χ0) is 19.9. The van der Waals surface area contributed by atoms with Crippen molar-refractivity contribution in [2.24, 2.45) is 11.7 Å². The van der Waals surface area contributed by atoms with Crippen LogP contribution in [0.2, 0.25) is 0 Å². The van der Waals surface area contributed by atoms with Crippen molar-refractivity contribution in [1.82, 2.24) is 10.4 Å². The highest BCUT2D eigenvalue weighted by Crippen LogP contribution is 2.24. The summed E-state index contributed by atoms with van der Waals surface area (Å²) in [4.78, 5) is 25.8. The van der Waals surface area contributed by atoms with Gasteiger partial charge in [-0.2, -0.15) is 0 Å². The van der Waals surface area contributed by atoms with E-state index >= 15 is 0 Å². The Morgan fingerprint density at radius 2 is 1.86 bits per heavy atom. The van der Waals surface area contributed by atoms with Gasteiger partial charge in [-0.25, -0.2) is 5.48 Å². The Morgan fingerprint density at radius 3 is 2.61 bits per heavy atom. The van der Waals surface area contributed by atoms with Crippen molar-refractivity contribution in [3.05, 3.63) is 48.0 Å². The SMILES string of the molecule is N[C@H](Cc1cccc2ccccc12)C(=O)N1CCC(CCCC(=O)NO)CC1. The summed E-state index contributed by atoms with van der Waals surface area (Å²) >= 11 is 0. The molecular weight excluding hydrogens is 354 g/mol. The van der Waals surface area contributed by atoms with E-state index in [9.17, 15) is 9.59 Å². The maximum absolute atomic E-state index is 12.8. The van der Waals surface area contributed by atoms with Crippen molar-refractivity contribution >= 4 is 22.6 Å². The number of likely N-dealkylation sites (tertiary alicyclic amines) is 1. The molecule has 28 heavy (non-hydrogen) atoms. The number of nitrogens with two attached hydrogens (primary N) is 1. The third kappa shape index (κ3) is 5.09. The fourth-order valence-electron chi connectivity index (χ4n) is 4.08. The van der Waals surface area contributed by atoms with Gasteiger partial charge in [-0.1, -0.05) is 42.5 Å². The molecule has 1 saturated heterocycles. The largest absolute Gasteiger partial charge is 0.341 e. The van der Waals surface area contributed by atoms with E-state index in [4.69, 9.17) is 10.9 Å². The number of hydroxylamine groups is 1. The number of carbonyl (C=O) groups excluding carboxylic acids is 2. The summed E-state index contributed by atoms with van der Waals surface area (Å²) in [5, 5.41) is 10.8. The first-order valence-electron chi connectivity index (χ1n) is 10.0. The molecule has 0 aromatic heterocycles. The second kappa shape index (κ2) is 9.66. The number of nitrogens with zero attached hydrogens (tertiary/aromatic N) is 1. The first-order chi connectivity index (χ1) is 13.6. The fraction of sp³-hybridized carbons (Fsp3) is 0.455. The summed E-state index contributed by atoms with van der Waals surface area (Å²) in [5.41, 5.74) is 9.05. The summed E-state index contributed by atoms with van der Waals surface area (Å²) in [6.45, 7) is 1.44. The molecule has 6 nitrogen and oxygen atoms in total. The van der Waals surface area contributed by atoms with E-state index in [1.807, 2.05) is 29.2 Å². The normalized spacial score (nSPS) is 16.1. The van der Waals surface area contributed by atoms with Gasteiger partial charge in [0.1, 0.15) is 0 Å². The van der Waals surface area contributed by atoms with Crippen molar-refractivity contribution in [3.63, 3.8) is 0 Å². The molecule has 0 spiro atoms. The molecule has 1 aliphatic heterocycles. The average Bonchev–Trinajstić information content (AvgIpc) is 2.73. The number of carbonyl (C=O) groups is 2. The predicted molar refractivity (Wildman–Crippen MR) is 109 cm³/mol. The minimum absolute atomic E-state index is 0.0195. The first kappa shape index (κ1) is 20.3. The van der Waals surface area contributed by atoms with Crippen molar-refractivity contribution < 1.29 is 14.8 Å². The molecule has 6 heteroatoms. The standard InChI is InChI=1S/C22H29N3O3/c23-20(15-18-8-4-7-17-6-1-2-9-19(17)18)22(27)25-13-11-16(12-14-25)5-3-10-21(26)24-28/h1-2,4,6-9,16,20,28H,3,5,10-15,23H2,(H,24,26)/t20-/m1/s1. The Hall–Kier alpha value is -2.44. The molecule has 0 aliphatic carbocycles. The van der Waals surface area contributed by atoms with Gasteiger partial charge in [-0.05, 0) is 54.4 Å². The molecule has 1 atom stereocenters. The molecule has 0 unspecified atom stereocenters. The van der Waals surface area contributed by atoms with Gasteiger partial charge < -0.3 is 10.6 Å². The van der Waals surface area contributed by atoms with E-state index in [0.29, 0.717) is 18.8 Å². The lowest BCUT2D eigenvalue weighted by Gasteiger charge is -2.33. The minimum atomic E-state index is -0.532. The lowest BCUT2D eigenvalue weighted by Crippen LogP contribution is -2.48. The molecule has 2 aromatic carbocycles. The highest BCUT2D eigenvalue weighted by molar-refractivity contribution is 5.87. The molecule has 4 N–H and O–H groups in total. The van der Waals surface area contributed by atoms with Gasteiger partial charge in [0.15, 0.2) is 0 Å². The van der Waals surface area contributed by atoms with Gasteiger partial charge in [-0.15, -0.1) is 0 Å². The maximum Gasteiger partial charge on any atom is 0.243 e. The molecule has 0 saturated carbocycles. The fourth-order valence-corrected chi connectivity index (χ4v) is 4.08. The van der Waals surface area contributed by atoms with E-state index in [0.717, 1.165) is 55.1 Å². The van der Waals surface area contributed by atoms with E-state index in [1.165, 1.54) is 0 Å². The molecule has 0 radical (unpaired) electrons. The Kier molecular flexibility index (Phi) is 7.01. The van der Waals surface area contributed by atoms with Crippen LogP contribution in [0, 0.1) is 5.92 Å². The highest BCUT2D eigenvalue weighted by atomic mass is 16.5. The van der Waals surface area contributed by atoms with E-state index in [-0.39, 0.29) is 11.8 Å². The zero-order valence-electron chi connectivity index (χ0n) is 16.1. The molecular formula is C22H29N3O3. The summed E-state index contributed by atoms with van der Waals surface area (Å²) < 4.78 is 0. The van der Waals surface area contributed by atoms with Crippen LogP contribution in [0.5, 0.6) is 0 Å². The maximum atomic E-state index is 12.8. The number of hydrogen-bond acceptors (Lipinski definition) is 4. The average molecular weight is 383 g/mol. The second-order valence-electron chi connectivity index (χ2n) is 7.64. The van der Waals surface area contributed by atoms with E-state index < -0.39 is 6.04 Å². The lowest BCUT2D eigenvalue weighted by molar-refractivity contribution is -0.134. The molecule has 1 heterocycles. The van der Waals surface area contributed by atoms with Gasteiger partial charge in [0.25, 0.3) is 0 Å². The number of amides is 2. The van der Waals surface area contributed by atoms with Crippen LogP contribution >= 0.6 is 0 Å². The number of hydrogen-bond donors (Lipinski definition) is 3. The Morgan fingerprint density at radius 1 is 1.14 bits per heavy atom. The minimum Gasteiger partial charge on any atom is -0.341 e. The number of rotatable bonds is 7. The van der Waals surface area contributed by atoms with Gasteiger partial charge in [0.05, 0.1) is 6.04 Å². The molecule has 1 fully saturated rings. The van der Waals surface area contributed by atoms with Crippen LogP contribution in [-0.4, -0.2) is 41.1 Å². The van der Waals surface area contributed by atoms with Gasteiger partial charge >= 0.3 is 0 Å². The van der Waals surface area contributed by atoms with E-state index in [2.05, 4.69) is 18.2 Å². The van der Waals surface area contributed by atoms with Crippen LogP contribution < -0.4 is 11.2 Å². The topological polar surface area (TPSA) is 95.7 Å². The molecule has 2 aromatic rings. The monoisotopic (exact) mass is 383 g/mol. The molecule has 1 aliphatic rings. The highest BCUT2D eigenvalue weighted by Gasteiger charge is 2.26. The summed E-state index contributed by atoms with van der Waals surface area (Å²) in [6, 6.07) is 13.8. The first-order valence-corrected chi connectivity index (χ1v) is 10.0. The van der Waals surface area contributed by atoms with Gasteiger partial charge in [-0.3, -0.25) is 14.8 Å². The van der Waals surface area contributed by atoms with E-state index in [1.54, 1.807) is 5.48 Å². The Labute approximate surface area is 165 Å². The van der Waals surface area contributed by atoms with Gasteiger partial charge in [0.2, 0.25) is 11.8 Å². The van der Waals surface area contributed by atoms with Crippen LogP contribution in [0.25, 0.3) is 10.8 Å². The lowest BCUT2D eigenvalue weighted by atomic mass is 9.91.